The van der Waals surface area contributed by atoms with Gasteiger partial charge in [-0.15, -0.1) is 11.3 Å². The number of thiophene rings is 1. The molecule has 1 aromatic heterocycles. The lowest BCUT2D eigenvalue weighted by atomic mass is 10.1. The zero-order chi connectivity index (χ0) is 21.1. The number of imide groups is 1. The summed E-state index contributed by atoms with van der Waals surface area (Å²) in [6, 6.07) is 11.9. The molecule has 2 aliphatic rings. The van der Waals surface area contributed by atoms with Crippen LogP contribution in [0.25, 0.3) is 5.57 Å². The van der Waals surface area contributed by atoms with E-state index in [-0.39, 0.29) is 11.8 Å². The number of carbonyl (C=O) groups excluding carboxylic acids is 2. The fourth-order valence-electron chi connectivity index (χ4n) is 3.99. The fourth-order valence-corrected chi connectivity index (χ4v) is 4.76. The molecular formula is C23H28N4O2S. The maximum absolute atomic E-state index is 13.0. The van der Waals surface area contributed by atoms with Crippen LogP contribution in [-0.2, 0) is 9.59 Å². The monoisotopic (exact) mass is 424 g/mol. The average Bonchev–Trinajstić information content (AvgIpc) is 3.38. The van der Waals surface area contributed by atoms with E-state index < -0.39 is 0 Å². The molecule has 0 aliphatic carbocycles. The summed E-state index contributed by atoms with van der Waals surface area (Å²) in [6.07, 6.45) is 0.739. The van der Waals surface area contributed by atoms with Gasteiger partial charge in [0, 0.05) is 49.0 Å². The molecule has 0 saturated carbocycles. The normalized spacial score (nSPS) is 17.9. The molecule has 158 valence electrons. The highest BCUT2D eigenvalue weighted by molar-refractivity contribution is 7.11. The van der Waals surface area contributed by atoms with E-state index in [1.807, 2.05) is 36.6 Å². The Morgan fingerprint density at radius 3 is 2.30 bits per heavy atom. The molecule has 6 nitrogen and oxygen atoms in total. The molecule has 0 bridgehead atoms. The largest absolute Gasteiger partial charge is 0.369 e. The predicted molar refractivity (Wildman–Crippen MR) is 123 cm³/mol. The van der Waals surface area contributed by atoms with Gasteiger partial charge in [-0.25, -0.2) is 0 Å². The van der Waals surface area contributed by atoms with Gasteiger partial charge in [-0.05, 0) is 48.7 Å². The van der Waals surface area contributed by atoms with Crippen LogP contribution in [0, 0.1) is 0 Å². The van der Waals surface area contributed by atoms with Gasteiger partial charge in [0.15, 0.2) is 0 Å². The summed E-state index contributed by atoms with van der Waals surface area (Å²) < 4.78 is 0. The lowest BCUT2D eigenvalue weighted by Crippen LogP contribution is -2.46. The molecule has 1 aromatic carbocycles. The van der Waals surface area contributed by atoms with Gasteiger partial charge in [0.2, 0.25) is 0 Å². The number of piperazine rings is 1. The summed E-state index contributed by atoms with van der Waals surface area (Å²) >= 11 is 1.48. The third-order valence-corrected chi connectivity index (χ3v) is 6.59. The third kappa shape index (κ3) is 4.00. The second-order valence-electron chi connectivity index (χ2n) is 7.58. The standard InChI is InChI=1S/C23H28N4O2S/c1-3-11-27-22(28)20(19-6-5-16-30-19)21(23(27)29)24-17-7-9-18(10-8-17)26-14-12-25(4-2)13-15-26/h5-10,16,24H,3-4,11-15H2,1-2H3. The topological polar surface area (TPSA) is 55.9 Å². The van der Waals surface area contributed by atoms with Crippen molar-refractivity contribution in [2.75, 3.05) is 49.5 Å². The number of rotatable bonds is 7. The number of nitrogens with one attached hydrogen (secondary N) is 1. The molecule has 0 spiro atoms. The highest BCUT2D eigenvalue weighted by Gasteiger charge is 2.39. The minimum atomic E-state index is -0.245. The number of carbonyl (C=O) groups is 2. The maximum atomic E-state index is 13.0. The van der Waals surface area contributed by atoms with E-state index in [0.717, 1.165) is 49.7 Å². The van der Waals surface area contributed by atoms with Crippen LogP contribution in [0.15, 0.2) is 47.5 Å². The van der Waals surface area contributed by atoms with Gasteiger partial charge in [0.25, 0.3) is 11.8 Å². The first-order valence-corrected chi connectivity index (χ1v) is 11.5. The van der Waals surface area contributed by atoms with Gasteiger partial charge >= 0.3 is 0 Å². The summed E-state index contributed by atoms with van der Waals surface area (Å²) in [4.78, 5) is 32.9. The zero-order valence-corrected chi connectivity index (χ0v) is 18.4. The lowest BCUT2D eigenvalue weighted by molar-refractivity contribution is -0.136. The molecule has 0 radical (unpaired) electrons. The van der Waals surface area contributed by atoms with E-state index in [1.54, 1.807) is 0 Å². The van der Waals surface area contributed by atoms with Crippen LogP contribution in [0.3, 0.4) is 0 Å². The van der Waals surface area contributed by atoms with Crippen LogP contribution in [0.2, 0.25) is 0 Å². The van der Waals surface area contributed by atoms with Crippen molar-refractivity contribution < 1.29 is 9.59 Å². The number of anilines is 2. The van der Waals surface area contributed by atoms with Crippen LogP contribution < -0.4 is 10.2 Å². The van der Waals surface area contributed by atoms with Crippen molar-refractivity contribution in [2.24, 2.45) is 0 Å². The Bertz CT molecular complexity index is 929. The van der Waals surface area contributed by atoms with Gasteiger partial charge in [0.1, 0.15) is 5.70 Å². The molecule has 2 aromatic rings. The van der Waals surface area contributed by atoms with Gasteiger partial charge in [-0.2, -0.15) is 0 Å². The first-order chi connectivity index (χ1) is 14.6. The highest BCUT2D eigenvalue weighted by atomic mass is 32.1. The number of benzene rings is 1. The summed E-state index contributed by atoms with van der Waals surface area (Å²) in [5.41, 5.74) is 2.85. The van der Waals surface area contributed by atoms with E-state index in [2.05, 4.69) is 34.2 Å². The quantitative estimate of drug-likeness (QED) is 0.690. The number of nitrogens with zero attached hydrogens (tertiary/aromatic N) is 3. The first kappa shape index (κ1) is 20.6. The van der Waals surface area contributed by atoms with E-state index in [1.165, 1.54) is 21.9 Å². The van der Waals surface area contributed by atoms with Gasteiger partial charge in [0.05, 0.1) is 5.57 Å². The van der Waals surface area contributed by atoms with Crippen LogP contribution in [0.4, 0.5) is 11.4 Å². The predicted octanol–water partition coefficient (Wildman–Crippen LogP) is 3.49. The molecule has 3 heterocycles. The van der Waals surface area contributed by atoms with Crippen molar-refractivity contribution in [1.29, 1.82) is 0 Å². The van der Waals surface area contributed by atoms with E-state index in [9.17, 15) is 9.59 Å². The Balaban J connectivity index is 1.54. The number of hydrogen-bond donors (Lipinski definition) is 1. The molecule has 2 aliphatic heterocycles. The van der Waals surface area contributed by atoms with Gasteiger partial charge in [-0.1, -0.05) is 19.9 Å². The average molecular weight is 425 g/mol. The third-order valence-electron chi connectivity index (χ3n) is 5.70. The molecule has 30 heavy (non-hydrogen) atoms. The summed E-state index contributed by atoms with van der Waals surface area (Å²) in [6.45, 7) is 9.90. The minimum Gasteiger partial charge on any atom is -0.369 e. The summed E-state index contributed by atoms with van der Waals surface area (Å²) in [5, 5.41) is 5.17. The van der Waals surface area contributed by atoms with Crippen molar-refractivity contribution in [3.8, 4) is 0 Å². The van der Waals surface area contributed by atoms with Crippen molar-refractivity contribution in [3.63, 3.8) is 0 Å². The second kappa shape index (κ2) is 9.02. The molecule has 4 rings (SSSR count). The summed E-state index contributed by atoms with van der Waals surface area (Å²) in [7, 11) is 0. The fraction of sp³-hybridized carbons (Fsp3) is 0.391. The Morgan fingerprint density at radius 2 is 1.70 bits per heavy atom. The number of likely N-dealkylation sites (N-methyl/N-ethyl adjacent to an activating group) is 1. The van der Waals surface area contributed by atoms with E-state index in [4.69, 9.17) is 0 Å². The highest BCUT2D eigenvalue weighted by Crippen LogP contribution is 2.33. The van der Waals surface area contributed by atoms with E-state index in [0.29, 0.717) is 17.8 Å². The molecule has 0 atom stereocenters. The van der Waals surface area contributed by atoms with Crippen molar-refractivity contribution in [1.82, 2.24) is 9.80 Å². The zero-order valence-electron chi connectivity index (χ0n) is 17.6. The van der Waals surface area contributed by atoms with Gasteiger partial charge in [-0.3, -0.25) is 14.5 Å². The molecular weight excluding hydrogens is 396 g/mol. The molecule has 0 unspecified atom stereocenters. The number of amides is 2. The van der Waals surface area contributed by atoms with Gasteiger partial charge < -0.3 is 15.1 Å². The van der Waals surface area contributed by atoms with Crippen LogP contribution >= 0.6 is 11.3 Å². The van der Waals surface area contributed by atoms with Crippen molar-refractivity contribution >= 4 is 40.1 Å². The molecule has 1 N–H and O–H groups in total. The van der Waals surface area contributed by atoms with Crippen LogP contribution in [0.1, 0.15) is 25.1 Å². The number of hydrogen-bond acceptors (Lipinski definition) is 6. The van der Waals surface area contributed by atoms with Crippen LogP contribution in [-0.4, -0.2) is 60.9 Å². The summed E-state index contributed by atoms with van der Waals surface area (Å²) in [5.74, 6) is -0.456. The SMILES string of the molecule is CCCN1C(=O)C(Nc2ccc(N3CCN(CC)CC3)cc2)=C(c2cccs2)C1=O. The molecule has 1 saturated heterocycles. The molecule has 2 amide bonds. The molecule has 1 fully saturated rings. The minimum absolute atomic E-state index is 0.211. The van der Waals surface area contributed by atoms with Crippen molar-refractivity contribution in [2.45, 2.75) is 20.3 Å². The Kier molecular flexibility index (Phi) is 6.20. The van der Waals surface area contributed by atoms with Crippen LogP contribution in [0.5, 0.6) is 0 Å². The Labute approximate surface area is 181 Å². The second-order valence-corrected chi connectivity index (χ2v) is 8.53. The Morgan fingerprint density at radius 1 is 0.967 bits per heavy atom. The Hall–Kier alpha value is -2.64. The smallest absolute Gasteiger partial charge is 0.278 e. The first-order valence-electron chi connectivity index (χ1n) is 10.6. The molecule has 7 heteroatoms. The van der Waals surface area contributed by atoms with Crippen molar-refractivity contribution in [3.05, 3.63) is 52.4 Å². The lowest BCUT2D eigenvalue weighted by Gasteiger charge is -2.35. The maximum Gasteiger partial charge on any atom is 0.278 e. The van der Waals surface area contributed by atoms with E-state index >= 15 is 0 Å².